The summed E-state index contributed by atoms with van der Waals surface area (Å²) in [5.74, 6) is 0.640. The first-order valence-electron chi connectivity index (χ1n) is 12.5. The minimum atomic E-state index is -0.839. The maximum Gasteiger partial charge on any atom is 0.187 e. The number of aliphatic hydroxyl groups excluding tert-OH is 3. The van der Waals surface area contributed by atoms with E-state index in [1.165, 1.54) is 19.3 Å². The topological polar surface area (TPSA) is 104 Å². The summed E-state index contributed by atoms with van der Waals surface area (Å²) in [4.78, 5) is 6.59. The number of hydrogen-bond donors (Lipinski definition) is 5. The molecule has 0 aromatic heterocycles. The smallest absolute Gasteiger partial charge is 0.187 e. The number of fused-ring (bicyclic) bond motifs is 1. The van der Waals surface area contributed by atoms with Gasteiger partial charge in [-0.15, -0.1) is 0 Å². The molecule has 4 saturated heterocycles. The van der Waals surface area contributed by atoms with Crippen molar-refractivity contribution in [3.63, 3.8) is 0 Å². The lowest BCUT2D eigenvalue weighted by Crippen LogP contribution is -2.68. The van der Waals surface area contributed by atoms with Crippen molar-refractivity contribution in [1.29, 1.82) is 0 Å². The van der Waals surface area contributed by atoms with Crippen LogP contribution in [0.15, 0.2) is 11.8 Å². The second-order valence-electron chi connectivity index (χ2n) is 10.6. The lowest BCUT2D eigenvalue weighted by atomic mass is 9.85. The molecule has 5 N–H and O–H groups in total. The summed E-state index contributed by atoms with van der Waals surface area (Å²) in [5.41, 5.74) is 1.23. The fourth-order valence-corrected chi connectivity index (χ4v) is 6.37. The number of ether oxygens (including phenoxy) is 1. The molecule has 4 aliphatic heterocycles. The van der Waals surface area contributed by atoms with Crippen LogP contribution in [0, 0.1) is 5.92 Å². The minimum Gasteiger partial charge on any atom is -0.379 e. The number of rotatable bonds is 6. The van der Waals surface area contributed by atoms with Gasteiger partial charge in [-0.2, -0.15) is 0 Å². The molecule has 182 valence electrons. The van der Waals surface area contributed by atoms with Gasteiger partial charge >= 0.3 is 0 Å². The fourth-order valence-electron chi connectivity index (χ4n) is 6.37. The second kappa shape index (κ2) is 9.46. The van der Waals surface area contributed by atoms with Crippen LogP contribution in [0.3, 0.4) is 0 Å². The van der Waals surface area contributed by atoms with E-state index >= 15 is 0 Å². The van der Waals surface area contributed by atoms with Crippen molar-refractivity contribution in [2.24, 2.45) is 5.92 Å². The summed E-state index contributed by atoms with van der Waals surface area (Å²) in [7, 11) is 1.98. The van der Waals surface area contributed by atoms with E-state index in [9.17, 15) is 15.3 Å². The van der Waals surface area contributed by atoms with Gasteiger partial charge in [-0.25, -0.2) is 0 Å². The first-order valence-corrected chi connectivity index (χ1v) is 12.5. The number of likely N-dealkylation sites (N-methyl/N-ethyl adjacent to an activating group) is 1. The van der Waals surface area contributed by atoms with Crippen LogP contribution in [-0.4, -0.2) is 113 Å². The Balaban J connectivity index is 1.11. The molecule has 6 unspecified atom stereocenters. The Kier molecular flexibility index (Phi) is 6.80. The fraction of sp³-hybridized carbons (Fsp3) is 0.913. The van der Waals surface area contributed by atoms with Gasteiger partial charge in [0.1, 0.15) is 18.1 Å². The van der Waals surface area contributed by atoms with E-state index < -0.39 is 18.8 Å². The zero-order valence-corrected chi connectivity index (χ0v) is 19.3. The monoisotopic (exact) mass is 451 g/mol. The van der Waals surface area contributed by atoms with Gasteiger partial charge in [-0.05, 0) is 51.6 Å². The third-order valence-corrected chi connectivity index (χ3v) is 8.34. The average molecular weight is 452 g/mol. The molecule has 9 nitrogen and oxygen atoms in total. The molecule has 0 aromatic carbocycles. The van der Waals surface area contributed by atoms with Crippen LogP contribution in [0.25, 0.3) is 0 Å². The molecule has 1 spiro atoms. The van der Waals surface area contributed by atoms with E-state index in [-0.39, 0.29) is 17.7 Å². The highest BCUT2D eigenvalue weighted by Gasteiger charge is 2.47. The van der Waals surface area contributed by atoms with E-state index in [1.807, 2.05) is 16.8 Å². The Bertz CT molecular complexity index is 689. The van der Waals surface area contributed by atoms with Gasteiger partial charge in [-0.3, -0.25) is 15.1 Å². The number of aliphatic hydroxyl groups is 3. The summed E-state index contributed by atoms with van der Waals surface area (Å²) in [5, 5.41) is 37.3. The van der Waals surface area contributed by atoms with Crippen LogP contribution in [0.5, 0.6) is 0 Å². The maximum atomic E-state index is 10.9. The van der Waals surface area contributed by atoms with E-state index in [0.717, 1.165) is 57.9 Å². The highest BCUT2D eigenvalue weighted by Crippen LogP contribution is 2.41. The largest absolute Gasteiger partial charge is 0.379 e. The minimum absolute atomic E-state index is 0.0854. The maximum absolute atomic E-state index is 10.9. The van der Waals surface area contributed by atoms with Crippen LogP contribution in [0.2, 0.25) is 0 Å². The predicted molar refractivity (Wildman–Crippen MR) is 120 cm³/mol. The van der Waals surface area contributed by atoms with E-state index in [0.29, 0.717) is 18.8 Å². The van der Waals surface area contributed by atoms with Crippen LogP contribution in [0.4, 0.5) is 0 Å². The van der Waals surface area contributed by atoms with Crippen molar-refractivity contribution >= 4 is 0 Å². The molecule has 5 rings (SSSR count). The Morgan fingerprint density at radius 3 is 2.78 bits per heavy atom. The van der Waals surface area contributed by atoms with Gasteiger partial charge in [0.25, 0.3) is 0 Å². The summed E-state index contributed by atoms with van der Waals surface area (Å²) < 4.78 is 5.98. The molecule has 0 radical (unpaired) electrons. The van der Waals surface area contributed by atoms with Crippen LogP contribution < -0.4 is 10.6 Å². The number of morpholine rings is 1. The zero-order chi connectivity index (χ0) is 22.3. The zero-order valence-electron chi connectivity index (χ0n) is 19.3. The number of nitrogens with zero attached hydrogens (tertiary/aromatic N) is 3. The Hall–Kier alpha value is -0.780. The number of nitrogens with one attached hydrogen (secondary N) is 2. The number of unbranched alkanes of at least 4 members (excludes halogenated alkanes) is 1. The van der Waals surface area contributed by atoms with Gasteiger partial charge in [0.2, 0.25) is 0 Å². The first kappa shape index (κ1) is 23.0. The second-order valence-corrected chi connectivity index (χ2v) is 10.6. The van der Waals surface area contributed by atoms with Crippen LogP contribution in [-0.2, 0) is 4.74 Å². The van der Waals surface area contributed by atoms with Crippen LogP contribution in [0.1, 0.15) is 44.9 Å². The molecular weight excluding hydrogens is 410 g/mol. The quantitative estimate of drug-likeness (QED) is 0.339. The van der Waals surface area contributed by atoms with Crippen LogP contribution >= 0.6 is 0 Å². The third-order valence-electron chi connectivity index (χ3n) is 8.34. The Morgan fingerprint density at radius 2 is 2.03 bits per heavy atom. The summed E-state index contributed by atoms with van der Waals surface area (Å²) in [6.45, 7) is 6.12. The highest BCUT2D eigenvalue weighted by atomic mass is 16.5. The molecule has 0 amide bonds. The molecule has 0 saturated carbocycles. The average Bonchev–Trinajstić information content (AvgIpc) is 3.00. The van der Waals surface area contributed by atoms with Gasteiger partial charge in [0.15, 0.2) is 6.35 Å². The molecule has 6 atom stereocenters. The molecule has 1 aliphatic carbocycles. The highest BCUT2D eigenvalue weighted by molar-refractivity contribution is 5.21. The van der Waals surface area contributed by atoms with Crippen molar-refractivity contribution < 1.29 is 20.1 Å². The van der Waals surface area contributed by atoms with Crippen molar-refractivity contribution in [2.45, 2.75) is 81.4 Å². The standard InChI is InChI=1S/C23H41N5O4/c1-26-19-12-16(4-2-3-9-27-10-11-32-23(15-27)13-24-14-23)5-6-17(19)28(22(26)31)18-7-8-20(29)25-21(18)30/h6,16,18-22,24-25,29-31H,2-5,7-15H2,1H3. The molecule has 5 aliphatic rings. The summed E-state index contributed by atoms with van der Waals surface area (Å²) >= 11 is 0. The van der Waals surface area contributed by atoms with Crippen molar-refractivity contribution in [1.82, 2.24) is 25.3 Å². The Morgan fingerprint density at radius 1 is 1.19 bits per heavy atom. The molecule has 4 heterocycles. The molecule has 0 aromatic rings. The molecule has 4 fully saturated rings. The van der Waals surface area contributed by atoms with Crippen molar-refractivity contribution in [3.8, 4) is 0 Å². The lowest BCUT2D eigenvalue weighted by molar-refractivity contribution is -0.135. The lowest BCUT2D eigenvalue weighted by Gasteiger charge is -2.48. The van der Waals surface area contributed by atoms with E-state index in [2.05, 4.69) is 21.6 Å². The van der Waals surface area contributed by atoms with E-state index in [1.54, 1.807) is 0 Å². The Labute approximate surface area is 191 Å². The van der Waals surface area contributed by atoms with Crippen molar-refractivity contribution in [3.05, 3.63) is 11.8 Å². The summed E-state index contributed by atoms with van der Waals surface area (Å²) in [6.07, 6.45) is 7.08. The molecule has 9 heteroatoms. The number of hydrogen-bond acceptors (Lipinski definition) is 9. The number of allylic oxidation sites excluding steroid dienone is 1. The third kappa shape index (κ3) is 4.46. The van der Waals surface area contributed by atoms with Gasteiger partial charge in [0.05, 0.1) is 18.7 Å². The SMILES string of the molecule is CN1C2CC(CCCCN3CCOC4(CNC4)C3)CC=C2N(C2CCC(O)NC2O)C1O. The predicted octanol–water partition coefficient (Wildman–Crippen LogP) is -0.594. The normalized spacial score (nSPS) is 40.2. The van der Waals surface area contributed by atoms with Crippen molar-refractivity contribution in [2.75, 3.05) is 46.4 Å². The molecule has 0 bridgehead atoms. The van der Waals surface area contributed by atoms with E-state index in [4.69, 9.17) is 4.74 Å². The van der Waals surface area contributed by atoms with Gasteiger partial charge < -0.3 is 30.3 Å². The van der Waals surface area contributed by atoms with Gasteiger partial charge in [0, 0.05) is 31.9 Å². The molecule has 32 heavy (non-hydrogen) atoms. The molecular formula is C23H41N5O4. The number of piperidine rings is 1. The first-order chi connectivity index (χ1) is 15.5. The summed E-state index contributed by atoms with van der Waals surface area (Å²) in [6, 6.07) is -0.0145. The van der Waals surface area contributed by atoms with Gasteiger partial charge in [-0.1, -0.05) is 18.9 Å².